The molecule has 3 aliphatic heterocycles. The first-order valence-corrected chi connectivity index (χ1v) is 17.7. The van der Waals surface area contributed by atoms with Crippen LogP contribution in [0.25, 0.3) is 0 Å². The lowest BCUT2D eigenvalue weighted by atomic mass is 9.77. The van der Waals surface area contributed by atoms with Crippen molar-refractivity contribution in [3.8, 4) is 11.5 Å². The highest BCUT2D eigenvalue weighted by Crippen LogP contribution is 2.46. The van der Waals surface area contributed by atoms with E-state index in [1.165, 1.54) is 11.1 Å². The second-order valence-corrected chi connectivity index (χ2v) is 14.5. The molecule has 2 fully saturated rings. The van der Waals surface area contributed by atoms with Gasteiger partial charge in [-0.2, -0.15) is 12.7 Å². The minimum atomic E-state index is -3.83. The number of benzene rings is 1. The van der Waals surface area contributed by atoms with Crippen LogP contribution in [0, 0.1) is 5.92 Å². The van der Waals surface area contributed by atoms with Crippen LogP contribution in [-0.2, 0) is 26.7 Å². The summed E-state index contributed by atoms with van der Waals surface area (Å²) in [6, 6.07) is 4.38. The van der Waals surface area contributed by atoms with Crippen molar-refractivity contribution in [1.29, 1.82) is 0 Å². The Balaban J connectivity index is 1.54. The number of nitrogens with zero attached hydrogens (tertiary/aromatic N) is 2. The fourth-order valence-corrected chi connectivity index (χ4v) is 8.47. The van der Waals surface area contributed by atoms with E-state index in [-0.39, 0.29) is 30.8 Å². The van der Waals surface area contributed by atoms with Gasteiger partial charge in [-0.3, -0.25) is 4.90 Å². The van der Waals surface area contributed by atoms with Crippen LogP contribution in [0.2, 0.25) is 0 Å². The number of sulfonamides is 1. The molecule has 0 spiro atoms. The Morgan fingerprint density at radius 2 is 1.69 bits per heavy atom. The summed E-state index contributed by atoms with van der Waals surface area (Å²) in [7, 11) is -7.37. The first kappa shape index (κ1) is 30.5. The maximum absolute atomic E-state index is 13.4. The maximum atomic E-state index is 13.4. The minimum Gasteiger partial charge on any atom is -0.490 e. The summed E-state index contributed by atoms with van der Waals surface area (Å²) in [6.45, 7) is 7.96. The van der Waals surface area contributed by atoms with Crippen LogP contribution in [0.5, 0.6) is 11.5 Å². The van der Waals surface area contributed by atoms with Crippen molar-refractivity contribution in [3.05, 3.63) is 23.3 Å². The molecule has 0 aromatic heterocycles. The van der Waals surface area contributed by atoms with Crippen LogP contribution in [0.3, 0.4) is 0 Å². The van der Waals surface area contributed by atoms with Crippen LogP contribution in [0.4, 0.5) is 0 Å². The molecular weight excluding hydrogens is 540 g/mol. The summed E-state index contributed by atoms with van der Waals surface area (Å²) in [5, 5.41) is 4.98. The first-order valence-electron chi connectivity index (χ1n) is 14.6. The Kier molecular flexibility index (Phi) is 10.5. The average molecular weight is 587 g/mol. The van der Waals surface area contributed by atoms with Crippen molar-refractivity contribution in [3.63, 3.8) is 0 Å². The van der Waals surface area contributed by atoms with Gasteiger partial charge in [0.05, 0.1) is 19.0 Å². The topological polar surface area (TPSA) is 131 Å². The molecule has 0 amide bonds. The predicted molar refractivity (Wildman–Crippen MR) is 153 cm³/mol. The van der Waals surface area contributed by atoms with E-state index in [1.54, 1.807) is 4.31 Å². The molecule has 2 saturated heterocycles. The molecule has 0 bridgehead atoms. The summed E-state index contributed by atoms with van der Waals surface area (Å²) in [5.41, 5.74) is 2.50. The largest absolute Gasteiger partial charge is 0.490 e. The Morgan fingerprint density at radius 1 is 1.00 bits per heavy atom. The standard InChI is InChI=1S/C27H46N4O6S2/c1-3-5-14-36-26-17-21-10-13-30-20-22-9-7-12-31(38(32,33)16-8-11-29-39(28,34)35)24(22)19-25(30)23(21)18-27(26)37-15-6-4-2/h17-18,22,24-25,29H,3-16,19-20H2,1-2H3,(H2,28,34,35)/t22-,24+,25+/m1/s1. The third kappa shape index (κ3) is 7.85. The van der Waals surface area contributed by atoms with Crippen molar-refractivity contribution in [2.24, 2.45) is 11.1 Å². The van der Waals surface area contributed by atoms with Crippen molar-refractivity contribution >= 4 is 20.2 Å². The molecule has 0 aliphatic carbocycles. The Hall–Kier alpha value is -1.44. The lowest BCUT2D eigenvalue weighted by Gasteiger charge is -2.51. The number of hydrogen-bond donors (Lipinski definition) is 2. The van der Waals surface area contributed by atoms with Crippen molar-refractivity contribution in [2.75, 3.05) is 45.1 Å². The number of ether oxygens (including phenoxy) is 2. The zero-order chi connectivity index (χ0) is 28.0. The van der Waals surface area contributed by atoms with Gasteiger partial charge >= 0.3 is 0 Å². The highest BCUT2D eigenvalue weighted by Gasteiger charge is 2.46. The lowest BCUT2D eigenvalue weighted by Crippen LogP contribution is -2.57. The third-order valence-corrected chi connectivity index (χ3v) is 10.8. The molecule has 12 heteroatoms. The molecule has 0 unspecified atom stereocenters. The summed E-state index contributed by atoms with van der Waals surface area (Å²) in [5.74, 6) is 1.80. The molecule has 3 N–H and O–H groups in total. The van der Waals surface area contributed by atoms with Crippen LogP contribution >= 0.6 is 0 Å². The Bertz CT molecular complexity index is 1180. The molecule has 0 radical (unpaired) electrons. The van der Waals surface area contributed by atoms with Gasteiger partial charge in [0.25, 0.3) is 10.2 Å². The van der Waals surface area contributed by atoms with Gasteiger partial charge in [0.2, 0.25) is 10.0 Å². The van der Waals surface area contributed by atoms with E-state index < -0.39 is 20.2 Å². The molecule has 0 saturated carbocycles. The highest BCUT2D eigenvalue weighted by atomic mass is 32.2. The number of nitrogens with two attached hydrogens (primary N) is 1. The van der Waals surface area contributed by atoms with E-state index >= 15 is 0 Å². The van der Waals surface area contributed by atoms with Gasteiger partial charge in [0, 0.05) is 38.3 Å². The second kappa shape index (κ2) is 13.5. The number of nitrogens with one attached hydrogen (secondary N) is 1. The normalized spacial score (nSPS) is 24.0. The van der Waals surface area contributed by atoms with Crippen molar-refractivity contribution in [1.82, 2.24) is 13.9 Å². The van der Waals surface area contributed by atoms with Crippen molar-refractivity contribution < 1.29 is 26.3 Å². The van der Waals surface area contributed by atoms with E-state index in [0.717, 1.165) is 76.0 Å². The van der Waals surface area contributed by atoms with Gasteiger partial charge in [-0.15, -0.1) is 0 Å². The SMILES string of the molecule is CCCCOc1cc2c(cc1OCCCC)[C@@H]1C[C@H]3[C@H](CCCN3S(=O)(=O)CCCNS(N)(=O)=O)CN1CC2. The summed E-state index contributed by atoms with van der Waals surface area (Å²) in [4.78, 5) is 2.53. The van der Waals surface area contributed by atoms with Crippen LogP contribution in [0.1, 0.15) is 82.4 Å². The zero-order valence-corrected chi connectivity index (χ0v) is 25.1. The number of rotatable bonds is 14. The molecule has 10 nitrogen and oxygen atoms in total. The van der Waals surface area contributed by atoms with Gasteiger partial charge in [0.1, 0.15) is 0 Å². The van der Waals surface area contributed by atoms with Gasteiger partial charge in [-0.05, 0) is 74.1 Å². The van der Waals surface area contributed by atoms with Gasteiger partial charge in [-0.1, -0.05) is 26.7 Å². The fourth-order valence-electron chi connectivity index (χ4n) is 6.22. The molecule has 39 heavy (non-hydrogen) atoms. The van der Waals surface area contributed by atoms with Crippen LogP contribution in [-0.4, -0.2) is 77.2 Å². The summed E-state index contributed by atoms with van der Waals surface area (Å²) < 4.78 is 65.4. The van der Waals surface area contributed by atoms with E-state index in [4.69, 9.17) is 14.6 Å². The zero-order valence-electron chi connectivity index (χ0n) is 23.4. The number of fused-ring (bicyclic) bond motifs is 4. The Morgan fingerprint density at radius 3 is 2.36 bits per heavy atom. The molecule has 4 rings (SSSR count). The third-order valence-electron chi connectivity index (χ3n) is 8.23. The van der Waals surface area contributed by atoms with Gasteiger partial charge in [0.15, 0.2) is 11.5 Å². The molecule has 222 valence electrons. The smallest absolute Gasteiger partial charge is 0.274 e. The molecule has 1 aromatic rings. The van der Waals surface area contributed by atoms with E-state index in [0.29, 0.717) is 25.7 Å². The molecule has 3 atom stereocenters. The quantitative estimate of drug-likeness (QED) is 0.321. The van der Waals surface area contributed by atoms with E-state index in [9.17, 15) is 16.8 Å². The number of piperidine rings is 2. The lowest BCUT2D eigenvalue weighted by molar-refractivity contribution is 0.0218. The molecule has 1 aromatic carbocycles. The van der Waals surface area contributed by atoms with Crippen LogP contribution < -0.4 is 19.3 Å². The van der Waals surface area contributed by atoms with E-state index in [1.807, 2.05) is 0 Å². The average Bonchev–Trinajstić information content (AvgIpc) is 2.89. The van der Waals surface area contributed by atoms with Crippen molar-refractivity contribution in [2.45, 2.75) is 83.7 Å². The molecule has 3 heterocycles. The van der Waals surface area contributed by atoms with Gasteiger partial charge < -0.3 is 9.47 Å². The fraction of sp³-hybridized carbons (Fsp3) is 0.778. The molecule has 3 aliphatic rings. The maximum Gasteiger partial charge on any atom is 0.274 e. The number of hydrogen-bond acceptors (Lipinski definition) is 7. The second-order valence-electron chi connectivity index (χ2n) is 11.1. The van der Waals surface area contributed by atoms with Gasteiger partial charge in [-0.25, -0.2) is 18.3 Å². The minimum absolute atomic E-state index is 0.00719. The highest BCUT2D eigenvalue weighted by molar-refractivity contribution is 7.89. The molecular formula is C27H46N4O6S2. The summed E-state index contributed by atoms with van der Waals surface area (Å²) in [6.07, 6.45) is 7.84. The summed E-state index contributed by atoms with van der Waals surface area (Å²) >= 11 is 0. The van der Waals surface area contributed by atoms with E-state index in [2.05, 4.69) is 35.6 Å². The predicted octanol–water partition coefficient (Wildman–Crippen LogP) is 2.94. The van der Waals surface area contributed by atoms with Crippen LogP contribution in [0.15, 0.2) is 12.1 Å². The first-order chi connectivity index (χ1) is 18.6. The monoisotopic (exact) mass is 586 g/mol. The Labute approximate surface area is 234 Å². The number of unbranched alkanes of at least 4 members (excludes halogenated alkanes) is 2.